The summed E-state index contributed by atoms with van der Waals surface area (Å²) in [7, 11) is 0. The van der Waals surface area contributed by atoms with Gasteiger partial charge in [0.1, 0.15) is 11.4 Å². The number of nitrogens with zero attached hydrogens (tertiary/aromatic N) is 1. The molecule has 1 amide bonds. The highest BCUT2D eigenvalue weighted by Gasteiger charge is 2.43. The lowest BCUT2D eigenvalue weighted by atomic mass is 9.85. The number of hydrogen-bond acceptors (Lipinski definition) is 3. The molecule has 0 unspecified atom stereocenters. The zero-order valence-electron chi connectivity index (χ0n) is 15.5. The Hall–Kier alpha value is -2.40. The summed E-state index contributed by atoms with van der Waals surface area (Å²) in [5, 5.41) is 6.52. The van der Waals surface area contributed by atoms with E-state index in [1.807, 2.05) is 12.1 Å². The Bertz CT molecular complexity index is 783. The molecular formula is C22H26FN3O. The van der Waals surface area contributed by atoms with Crippen molar-refractivity contribution in [3.8, 4) is 0 Å². The maximum atomic E-state index is 13.6. The van der Waals surface area contributed by atoms with E-state index in [-0.39, 0.29) is 11.7 Å². The second-order valence-electron chi connectivity index (χ2n) is 7.73. The predicted molar refractivity (Wildman–Crippen MR) is 105 cm³/mol. The third-order valence-corrected chi connectivity index (χ3v) is 5.51. The van der Waals surface area contributed by atoms with Crippen LogP contribution in [0.1, 0.15) is 31.2 Å². The van der Waals surface area contributed by atoms with Gasteiger partial charge in [-0.15, -0.1) is 0 Å². The van der Waals surface area contributed by atoms with E-state index in [1.54, 1.807) is 6.07 Å². The number of carbonyl (C=O) groups excluding carboxylic acids is 1. The monoisotopic (exact) mass is 367 g/mol. The first kappa shape index (κ1) is 18.0. The molecule has 2 fully saturated rings. The number of piperidine rings is 1. The lowest BCUT2D eigenvalue weighted by molar-refractivity contribution is -0.127. The van der Waals surface area contributed by atoms with Crippen LogP contribution in [0.2, 0.25) is 0 Å². The van der Waals surface area contributed by atoms with E-state index in [0.29, 0.717) is 24.6 Å². The van der Waals surface area contributed by atoms with E-state index >= 15 is 0 Å². The fraction of sp³-hybridized carbons (Fsp3) is 0.409. The molecule has 2 N–H and O–H groups in total. The summed E-state index contributed by atoms with van der Waals surface area (Å²) >= 11 is 0. The number of rotatable bonds is 6. The molecule has 142 valence electrons. The fourth-order valence-corrected chi connectivity index (χ4v) is 3.74. The summed E-state index contributed by atoms with van der Waals surface area (Å²) in [5.41, 5.74) is 1.27. The van der Waals surface area contributed by atoms with E-state index < -0.39 is 5.54 Å². The van der Waals surface area contributed by atoms with Crippen molar-refractivity contribution in [2.45, 2.75) is 43.8 Å². The molecule has 1 aliphatic heterocycles. The van der Waals surface area contributed by atoms with Gasteiger partial charge in [-0.05, 0) is 49.4 Å². The van der Waals surface area contributed by atoms with E-state index in [2.05, 4.69) is 39.8 Å². The number of nitrogens with one attached hydrogen (secondary N) is 2. The molecule has 1 saturated carbocycles. The third kappa shape index (κ3) is 4.48. The molecule has 0 spiro atoms. The highest BCUT2D eigenvalue weighted by molar-refractivity contribution is 5.90. The van der Waals surface area contributed by atoms with Crippen LogP contribution in [0, 0.1) is 5.82 Å². The van der Waals surface area contributed by atoms with Gasteiger partial charge in [-0.1, -0.05) is 36.4 Å². The summed E-state index contributed by atoms with van der Waals surface area (Å²) in [6.07, 6.45) is 3.52. The van der Waals surface area contributed by atoms with Gasteiger partial charge in [0, 0.05) is 31.4 Å². The average molecular weight is 367 g/mol. The molecule has 2 aromatic rings. The molecule has 0 atom stereocenters. The van der Waals surface area contributed by atoms with Crippen molar-refractivity contribution < 1.29 is 9.18 Å². The van der Waals surface area contributed by atoms with Crippen LogP contribution in [-0.4, -0.2) is 35.5 Å². The standard InChI is InChI=1S/C22H26FN3O/c23-18-7-4-8-20(15-18)25-22(21(27)24-19-9-10-19)11-13-26(14-12-22)16-17-5-2-1-3-6-17/h1-8,15,19,25H,9-14,16H2,(H,24,27). The van der Waals surface area contributed by atoms with Crippen LogP contribution < -0.4 is 10.6 Å². The van der Waals surface area contributed by atoms with Gasteiger partial charge in [-0.3, -0.25) is 9.69 Å². The van der Waals surface area contributed by atoms with Crippen LogP contribution in [0.15, 0.2) is 54.6 Å². The number of hydrogen-bond donors (Lipinski definition) is 2. The van der Waals surface area contributed by atoms with Crippen molar-refractivity contribution in [2.75, 3.05) is 18.4 Å². The van der Waals surface area contributed by atoms with Crippen LogP contribution >= 0.6 is 0 Å². The Labute approximate surface area is 159 Å². The molecule has 27 heavy (non-hydrogen) atoms. The van der Waals surface area contributed by atoms with Crippen molar-refractivity contribution in [1.29, 1.82) is 0 Å². The van der Waals surface area contributed by atoms with Crippen LogP contribution in [0.4, 0.5) is 10.1 Å². The Kier molecular flexibility index (Phi) is 5.12. The fourth-order valence-electron chi connectivity index (χ4n) is 3.74. The van der Waals surface area contributed by atoms with Gasteiger partial charge in [0.2, 0.25) is 5.91 Å². The van der Waals surface area contributed by atoms with Crippen molar-refractivity contribution in [2.24, 2.45) is 0 Å². The lowest BCUT2D eigenvalue weighted by Gasteiger charge is -2.42. The van der Waals surface area contributed by atoms with Crippen molar-refractivity contribution >= 4 is 11.6 Å². The molecule has 5 heteroatoms. The minimum atomic E-state index is -0.677. The van der Waals surface area contributed by atoms with Gasteiger partial charge in [0.05, 0.1) is 0 Å². The lowest BCUT2D eigenvalue weighted by Crippen LogP contribution is -2.58. The number of carbonyl (C=O) groups is 1. The van der Waals surface area contributed by atoms with E-state index in [0.717, 1.165) is 32.5 Å². The van der Waals surface area contributed by atoms with Crippen LogP contribution in [0.5, 0.6) is 0 Å². The Morgan fingerprint density at radius 2 is 1.81 bits per heavy atom. The van der Waals surface area contributed by atoms with Crippen LogP contribution in [-0.2, 0) is 11.3 Å². The molecule has 1 heterocycles. The van der Waals surface area contributed by atoms with Gasteiger partial charge in [-0.2, -0.15) is 0 Å². The molecule has 0 radical (unpaired) electrons. The summed E-state index contributed by atoms with van der Waals surface area (Å²) in [6, 6.07) is 17.1. The Morgan fingerprint density at radius 3 is 2.48 bits per heavy atom. The van der Waals surface area contributed by atoms with Crippen molar-refractivity contribution in [3.63, 3.8) is 0 Å². The van der Waals surface area contributed by atoms with E-state index in [4.69, 9.17) is 0 Å². The Balaban J connectivity index is 1.46. The third-order valence-electron chi connectivity index (χ3n) is 5.51. The number of benzene rings is 2. The molecule has 0 bridgehead atoms. The highest BCUT2D eigenvalue weighted by atomic mass is 19.1. The maximum absolute atomic E-state index is 13.6. The predicted octanol–water partition coefficient (Wildman–Crippen LogP) is 3.55. The number of amides is 1. The minimum Gasteiger partial charge on any atom is -0.371 e. The summed E-state index contributed by atoms with van der Waals surface area (Å²) in [6.45, 7) is 2.55. The van der Waals surface area contributed by atoms with Gasteiger partial charge in [-0.25, -0.2) is 4.39 Å². The van der Waals surface area contributed by atoms with Crippen LogP contribution in [0.3, 0.4) is 0 Å². The number of halogens is 1. The van der Waals surface area contributed by atoms with Gasteiger partial charge in [0.25, 0.3) is 0 Å². The largest absolute Gasteiger partial charge is 0.371 e. The van der Waals surface area contributed by atoms with Crippen molar-refractivity contribution in [1.82, 2.24) is 10.2 Å². The molecule has 1 saturated heterocycles. The summed E-state index contributed by atoms with van der Waals surface area (Å²) < 4.78 is 13.6. The van der Waals surface area contributed by atoms with Crippen molar-refractivity contribution in [3.05, 3.63) is 66.0 Å². The average Bonchev–Trinajstić information content (AvgIpc) is 3.48. The molecule has 0 aromatic heterocycles. The first-order valence-electron chi connectivity index (χ1n) is 9.74. The summed E-state index contributed by atoms with van der Waals surface area (Å²) in [5.74, 6) is -0.243. The summed E-state index contributed by atoms with van der Waals surface area (Å²) in [4.78, 5) is 15.4. The van der Waals surface area contributed by atoms with Gasteiger partial charge >= 0.3 is 0 Å². The molecule has 1 aliphatic carbocycles. The molecule has 2 aliphatic rings. The Morgan fingerprint density at radius 1 is 1.07 bits per heavy atom. The molecule has 4 rings (SSSR count). The SMILES string of the molecule is O=C(NC1CC1)C1(Nc2cccc(F)c2)CCN(Cc2ccccc2)CC1. The van der Waals surface area contributed by atoms with E-state index in [1.165, 1.54) is 17.7 Å². The molecule has 2 aromatic carbocycles. The number of anilines is 1. The number of likely N-dealkylation sites (tertiary alicyclic amines) is 1. The molecular weight excluding hydrogens is 341 g/mol. The second-order valence-corrected chi connectivity index (χ2v) is 7.73. The second kappa shape index (κ2) is 7.69. The first-order chi connectivity index (χ1) is 13.1. The van der Waals surface area contributed by atoms with Crippen LogP contribution in [0.25, 0.3) is 0 Å². The topological polar surface area (TPSA) is 44.4 Å². The maximum Gasteiger partial charge on any atom is 0.245 e. The quantitative estimate of drug-likeness (QED) is 0.821. The zero-order chi connectivity index (χ0) is 18.7. The van der Waals surface area contributed by atoms with Gasteiger partial charge in [0.15, 0.2) is 0 Å². The van der Waals surface area contributed by atoms with Gasteiger partial charge < -0.3 is 10.6 Å². The smallest absolute Gasteiger partial charge is 0.245 e. The zero-order valence-corrected chi connectivity index (χ0v) is 15.5. The first-order valence-corrected chi connectivity index (χ1v) is 9.74. The highest BCUT2D eigenvalue weighted by Crippen LogP contribution is 2.30. The molecule has 4 nitrogen and oxygen atoms in total. The normalized spacial score (nSPS) is 19.4. The van der Waals surface area contributed by atoms with E-state index in [9.17, 15) is 9.18 Å². The minimum absolute atomic E-state index is 0.0497.